The molecule has 0 saturated heterocycles. The first kappa shape index (κ1) is 16.1. The Balaban J connectivity index is 2.02. The zero-order chi connectivity index (χ0) is 15.3. The highest BCUT2D eigenvalue weighted by atomic mass is 16.5. The molecule has 0 aromatic heterocycles. The minimum atomic E-state index is -0.529. The van der Waals surface area contributed by atoms with Crippen molar-refractivity contribution in [2.45, 2.75) is 44.2 Å². The number of likely N-dealkylation sites (N-methyl/N-ethyl adjacent to an activating group) is 1. The van der Waals surface area contributed by atoms with E-state index in [2.05, 4.69) is 4.90 Å². The Hall–Kier alpha value is -1.26. The molecule has 4 nitrogen and oxygen atoms in total. The van der Waals surface area contributed by atoms with Crippen LogP contribution in [0.15, 0.2) is 18.2 Å². The highest BCUT2D eigenvalue weighted by molar-refractivity contribution is 5.40. The SMILES string of the molecule is COc1ccc(OC)c(CN(C)CC2(O)CCCCC2)c1. The van der Waals surface area contributed by atoms with Crippen molar-refractivity contribution >= 4 is 0 Å². The van der Waals surface area contributed by atoms with Gasteiger partial charge in [-0.05, 0) is 38.1 Å². The summed E-state index contributed by atoms with van der Waals surface area (Å²) in [5.74, 6) is 1.69. The average molecular weight is 293 g/mol. The van der Waals surface area contributed by atoms with Gasteiger partial charge in [-0.3, -0.25) is 4.90 Å². The number of methoxy groups -OCH3 is 2. The standard InChI is InChI=1S/C17H27NO3/c1-18(13-17(19)9-5-4-6-10-17)12-14-11-15(20-2)7-8-16(14)21-3/h7-8,11,19H,4-6,9-10,12-13H2,1-3H3. The number of hydrogen-bond acceptors (Lipinski definition) is 4. The Kier molecular flexibility index (Phi) is 5.48. The predicted molar refractivity (Wildman–Crippen MR) is 83.9 cm³/mol. The second-order valence-electron chi connectivity index (χ2n) is 6.14. The highest BCUT2D eigenvalue weighted by Gasteiger charge is 2.30. The first-order valence-corrected chi connectivity index (χ1v) is 7.68. The second kappa shape index (κ2) is 7.14. The maximum Gasteiger partial charge on any atom is 0.123 e. The molecule has 4 heteroatoms. The molecular weight excluding hydrogens is 266 g/mol. The van der Waals surface area contributed by atoms with Crippen molar-refractivity contribution in [3.05, 3.63) is 23.8 Å². The number of aliphatic hydroxyl groups is 1. The van der Waals surface area contributed by atoms with Crippen LogP contribution in [0.2, 0.25) is 0 Å². The summed E-state index contributed by atoms with van der Waals surface area (Å²) in [6.45, 7) is 1.44. The molecule has 0 bridgehead atoms. The molecule has 118 valence electrons. The van der Waals surface area contributed by atoms with Gasteiger partial charge in [-0.1, -0.05) is 19.3 Å². The minimum Gasteiger partial charge on any atom is -0.497 e. The fourth-order valence-corrected chi connectivity index (χ4v) is 3.22. The lowest BCUT2D eigenvalue weighted by Gasteiger charge is -2.35. The van der Waals surface area contributed by atoms with E-state index in [1.54, 1.807) is 14.2 Å². The van der Waals surface area contributed by atoms with E-state index in [-0.39, 0.29) is 0 Å². The van der Waals surface area contributed by atoms with E-state index in [0.717, 1.165) is 49.3 Å². The van der Waals surface area contributed by atoms with Crippen LogP contribution < -0.4 is 9.47 Å². The van der Waals surface area contributed by atoms with Crippen molar-refractivity contribution in [3.8, 4) is 11.5 Å². The van der Waals surface area contributed by atoms with Gasteiger partial charge in [0.05, 0.1) is 19.8 Å². The number of rotatable bonds is 6. The third-order valence-electron chi connectivity index (χ3n) is 4.28. The lowest BCUT2D eigenvalue weighted by Crippen LogP contribution is -2.42. The molecule has 1 aliphatic rings. The van der Waals surface area contributed by atoms with E-state index < -0.39 is 5.60 Å². The van der Waals surface area contributed by atoms with Crippen LogP contribution in [-0.4, -0.2) is 43.4 Å². The van der Waals surface area contributed by atoms with Gasteiger partial charge in [0.25, 0.3) is 0 Å². The Morgan fingerprint density at radius 2 is 1.86 bits per heavy atom. The minimum absolute atomic E-state index is 0.529. The van der Waals surface area contributed by atoms with Crippen LogP contribution in [0.3, 0.4) is 0 Å². The normalized spacial score (nSPS) is 17.8. The summed E-state index contributed by atoms with van der Waals surface area (Å²) in [5, 5.41) is 10.6. The van der Waals surface area contributed by atoms with E-state index in [1.165, 1.54) is 6.42 Å². The molecule has 1 N–H and O–H groups in total. The maximum absolute atomic E-state index is 10.6. The van der Waals surface area contributed by atoms with Crippen LogP contribution in [0.4, 0.5) is 0 Å². The summed E-state index contributed by atoms with van der Waals surface area (Å²) < 4.78 is 10.7. The first-order chi connectivity index (χ1) is 10.1. The van der Waals surface area contributed by atoms with Crippen molar-refractivity contribution in [2.75, 3.05) is 27.8 Å². The topological polar surface area (TPSA) is 41.9 Å². The fourth-order valence-electron chi connectivity index (χ4n) is 3.22. The van der Waals surface area contributed by atoms with Gasteiger partial charge in [0, 0.05) is 18.7 Å². The van der Waals surface area contributed by atoms with Gasteiger partial charge in [-0.15, -0.1) is 0 Å². The van der Waals surface area contributed by atoms with Crippen molar-refractivity contribution in [1.29, 1.82) is 0 Å². The maximum atomic E-state index is 10.6. The summed E-state index contributed by atoms with van der Waals surface area (Å²) >= 11 is 0. The highest BCUT2D eigenvalue weighted by Crippen LogP contribution is 2.30. The lowest BCUT2D eigenvalue weighted by atomic mass is 9.84. The molecule has 0 radical (unpaired) electrons. The van der Waals surface area contributed by atoms with Crippen molar-refractivity contribution in [3.63, 3.8) is 0 Å². The molecule has 0 unspecified atom stereocenters. The van der Waals surface area contributed by atoms with E-state index in [4.69, 9.17) is 9.47 Å². The molecule has 1 aliphatic carbocycles. The summed E-state index contributed by atoms with van der Waals surface area (Å²) in [6, 6.07) is 5.83. The smallest absolute Gasteiger partial charge is 0.123 e. The van der Waals surface area contributed by atoms with Gasteiger partial charge in [0.15, 0.2) is 0 Å². The molecule has 0 amide bonds. The van der Waals surface area contributed by atoms with Crippen molar-refractivity contribution in [1.82, 2.24) is 4.90 Å². The van der Waals surface area contributed by atoms with Gasteiger partial charge in [0.2, 0.25) is 0 Å². The third-order valence-corrected chi connectivity index (χ3v) is 4.28. The molecule has 0 heterocycles. The fraction of sp³-hybridized carbons (Fsp3) is 0.647. The molecule has 2 rings (SSSR count). The van der Waals surface area contributed by atoms with Gasteiger partial charge < -0.3 is 14.6 Å². The summed E-state index contributed by atoms with van der Waals surface area (Å²) in [6.07, 6.45) is 5.33. The Morgan fingerprint density at radius 1 is 1.14 bits per heavy atom. The predicted octanol–water partition coefficient (Wildman–Crippen LogP) is 2.83. The zero-order valence-corrected chi connectivity index (χ0v) is 13.4. The first-order valence-electron chi connectivity index (χ1n) is 7.68. The van der Waals surface area contributed by atoms with Gasteiger partial charge >= 0.3 is 0 Å². The van der Waals surface area contributed by atoms with Gasteiger partial charge in [-0.25, -0.2) is 0 Å². The van der Waals surface area contributed by atoms with Crippen LogP contribution in [0.25, 0.3) is 0 Å². The van der Waals surface area contributed by atoms with Crippen LogP contribution >= 0.6 is 0 Å². The van der Waals surface area contributed by atoms with Crippen LogP contribution in [-0.2, 0) is 6.54 Å². The van der Waals surface area contributed by atoms with Crippen LogP contribution in [0.5, 0.6) is 11.5 Å². The van der Waals surface area contributed by atoms with E-state index >= 15 is 0 Å². The third kappa shape index (κ3) is 4.35. The largest absolute Gasteiger partial charge is 0.497 e. The number of benzene rings is 1. The molecule has 1 saturated carbocycles. The molecule has 1 aromatic carbocycles. The average Bonchev–Trinajstić information content (AvgIpc) is 2.47. The Labute approximate surface area is 127 Å². The van der Waals surface area contributed by atoms with Crippen molar-refractivity contribution < 1.29 is 14.6 Å². The van der Waals surface area contributed by atoms with E-state index in [0.29, 0.717) is 6.54 Å². The summed E-state index contributed by atoms with van der Waals surface area (Å²) in [4.78, 5) is 2.17. The Morgan fingerprint density at radius 3 is 2.48 bits per heavy atom. The van der Waals surface area contributed by atoms with Gasteiger partial charge in [-0.2, -0.15) is 0 Å². The van der Waals surface area contributed by atoms with Crippen molar-refractivity contribution in [2.24, 2.45) is 0 Å². The van der Waals surface area contributed by atoms with Gasteiger partial charge in [0.1, 0.15) is 11.5 Å². The Bertz CT molecular complexity index is 455. The molecule has 0 aliphatic heterocycles. The summed E-state index contributed by atoms with van der Waals surface area (Å²) in [5.41, 5.74) is 0.554. The molecule has 0 atom stereocenters. The molecular formula is C17H27NO3. The monoisotopic (exact) mass is 293 g/mol. The molecule has 0 spiro atoms. The van der Waals surface area contributed by atoms with Crippen LogP contribution in [0.1, 0.15) is 37.7 Å². The summed E-state index contributed by atoms with van der Waals surface area (Å²) in [7, 11) is 5.39. The van der Waals surface area contributed by atoms with Crippen LogP contribution in [0, 0.1) is 0 Å². The zero-order valence-electron chi connectivity index (χ0n) is 13.4. The number of ether oxygens (including phenoxy) is 2. The second-order valence-corrected chi connectivity index (χ2v) is 6.14. The number of hydrogen-bond donors (Lipinski definition) is 1. The number of nitrogens with zero attached hydrogens (tertiary/aromatic N) is 1. The molecule has 1 fully saturated rings. The molecule has 21 heavy (non-hydrogen) atoms. The van der Waals surface area contributed by atoms with E-state index in [1.807, 2.05) is 25.2 Å². The molecule has 1 aromatic rings. The van der Waals surface area contributed by atoms with E-state index in [9.17, 15) is 5.11 Å². The quantitative estimate of drug-likeness (QED) is 0.876. The lowest BCUT2D eigenvalue weighted by molar-refractivity contribution is -0.0224.